The molecule has 0 aromatic carbocycles. The summed E-state index contributed by atoms with van der Waals surface area (Å²) in [5.41, 5.74) is 3.79. The third-order valence-corrected chi connectivity index (χ3v) is 2.97. The molecule has 0 fully saturated rings. The first-order valence-corrected chi connectivity index (χ1v) is 5.32. The van der Waals surface area contributed by atoms with Crippen LogP contribution in [0.15, 0.2) is 12.1 Å². The van der Waals surface area contributed by atoms with Crippen LogP contribution in [0, 0.1) is 0 Å². The average molecular weight is 191 g/mol. The lowest BCUT2D eigenvalue weighted by Crippen LogP contribution is -2.08. The zero-order chi connectivity index (χ0) is 9.97. The van der Waals surface area contributed by atoms with Crippen LogP contribution in [0.5, 0.6) is 0 Å². The fourth-order valence-electron chi connectivity index (χ4n) is 1.95. The molecule has 76 valence electrons. The van der Waals surface area contributed by atoms with Gasteiger partial charge in [-0.05, 0) is 44.2 Å². The average Bonchev–Trinajstić information content (AvgIpc) is 2.27. The smallest absolute Gasteiger partial charge is 0.0962 e. The van der Waals surface area contributed by atoms with E-state index in [0.29, 0.717) is 0 Å². The van der Waals surface area contributed by atoms with E-state index >= 15 is 0 Å². The van der Waals surface area contributed by atoms with Gasteiger partial charge in [-0.15, -0.1) is 0 Å². The summed E-state index contributed by atoms with van der Waals surface area (Å²) >= 11 is 0. The summed E-state index contributed by atoms with van der Waals surface area (Å²) in [6, 6.07) is 4.31. The molecular formula is C12H17NO. The van der Waals surface area contributed by atoms with E-state index in [0.717, 1.165) is 12.1 Å². The van der Waals surface area contributed by atoms with Crippen LogP contribution < -0.4 is 0 Å². The van der Waals surface area contributed by atoms with Crippen LogP contribution >= 0.6 is 0 Å². The van der Waals surface area contributed by atoms with Gasteiger partial charge >= 0.3 is 0 Å². The van der Waals surface area contributed by atoms with Crippen LogP contribution in [0.3, 0.4) is 0 Å². The van der Waals surface area contributed by atoms with E-state index in [1.54, 1.807) is 7.11 Å². The van der Waals surface area contributed by atoms with Crippen molar-refractivity contribution in [3.05, 3.63) is 29.1 Å². The van der Waals surface area contributed by atoms with Crippen LogP contribution in [-0.4, -0.2) is 12.1 Å². The van der Waals surface area contributed by atoms with E-state index < -0.39 is 0 Å². The number of fused-ring (bicyclic) bond motifs is 1. The lowest BCUT2D eigenvalue weighted by atomic mass is 9.95. The highest BCUT2D eigenvalue weighted by molar-refractivity contribution is 5.26. The van der Waals surface area contributed by atoms with Gasteiger partial charge in [-0.3, -0.25) is 4.98 Å². The van der Waals surface area contributed by atoms with E-state index in [1.807, 2.05) is 6.92 Å². The third kappa shape index (κ3) is 1.80. The van der Waals surface area contributed by atoms with E-state index in [4.69, 9.17) is 4.74 Å². The number of ether oxygens (including phenoxy) is 1. The third-order valence-electron chi connectivity index (χ3n) is 2.97. The van der Waals surface area contributed by atoms with Gasteiger partial charge < -0.3 is 4.74 Å². The van der Waals surface area contributed by atoms with Crippen molar-refractivity contribution in [3.8, 4) is 0 Å². The molecule has 0 saturated heterocycles. The van der Waals surface area contributed by atoms with Crippen molar-refractivity contribution < 1.29 is 4.74 Å². The SMILES string of the molecule is COC(C)c1ccc2c(n1)CCCC2. The zero-order valence-electron chi connectivity index (χ0n) is 8.92. The number of methoxy groups -OCH3 is 1. The summed E-state index contributed by atoms with van der Waals surface area (Å²) in [7, 11) is 1.73. The van der Waals surface area contributed by atoms with Crippen molar-refractivity contribution in [1.29, 1.82) is 0 Å². The van der Waals surface area contributed by atoms with Crippen LogP contribution in [0.1, 0.15) is 42.8 Å². The fraction of sp³-hybridized carbons (Fsp3) is 0.583. The lowest BCUT2D eigenvalue weighted by molar-refractivity contribution is 0.115. The maximum atomic E-state index is 5.26. The molecule has 2 rings (SSSR count). The molecule has 1 aromatic rings. The van der Waals surface area contributed by atoms with Gasteiger partial charge in [-0.2, -0.15) is 0 Å². The molecule has 0 N–H and O–H groups in total. The molecule has 2 heteroatoms. The van der Waals surface area contributed by atoms with Gasteiger partial charge in [0.15, 0.2) is 0 Å². The molecular weight excluding hydrogens is 174 g/mol. The number of nitrogens with zero attached hydrogens (tertiary/aromatic N) is 1. The molecule has 14 heavy (non-hydrogen) atoms. The molecule has 0 bridgehead atoms. The number of pyridine rings is 1. The van der Waals surface area contributed by atoms with Gasteiger partial charge in [-0.25, -0.2) is 0 Å². The topological polar surface area (TPSA) is 22.1 Å². The standard InChI is InChI=1S/C12H17NO/c1-9(14-2)11-8-7-10-5-3-4-6-12(10)13-11/h7-9H,3-6H2,1-2H3. The summed E-state index contributed by atoms with van der Waals surface area (Å²) in [6.45, 7) is 2.04. The van der Waals surface area contributed by atoms with Gasteiger partial charge in [-0.1, -0.05) is 6.07 Å². The van der Waals surface area contributed by atoms with Gasteiger partial charge in [0.2, 0.25) is 0 Å². The van der Waals surface area contributed by atoms with Gasteiger partial charge in [0, 0.05) is 12.8 Å². The minimum Gasteiger partial charge on any atom is -0.375 e. The molecule has 0 spiro atoms. The summed E-state index contributed by atoms with van der Waals surface area (Å²) in [5, 5.41) is 0. The molecule has 1 atom stereocenters. The Morgan fingerprint density at radius 3 is 2.86 bits per heavy atom. The van der Waals surface area contributed by atoms with Gasteiger partial charge in [0.25, 0.3) is 0 Å². The number of aryl methyl sites for hydroxylation is 2. The summed E-state index contributed by atoms with van der Waals surface area (Å²) in [4.78, 5) is 4.66. The highest BCUT2D eigenvalue weighted by Gasteiger charge is 2.13. The fourth-order valence-corrected chi connectivity index (χ4v) is 1.95. The predicted octanol–water partition coefficient (Wildman–Crippen LogP) is 2.67. The lowest BCUT2D eigenvalue weighted by Gasteiger charge is -2.17. The first-order valence-electron chi connectivity index (χ1n) is 5.32. The predicted molar refractivity (Wildman–Crippen MR) is 56.3 cm³/mol. The monoisotopic (exact) mass is 191 g/mol. The second kappa shape index (κ2) is 4.09. The molecule has 0 radical (unpaired) electrons. The molecule has 1 aliphatic carbocycles. The Labute approximate surface area is 85.3 Å². The Morgan fingerprint density at radius 1 is 1.29 bits per heavy atom. The summed E-state index contributed by atoms with van der Waals surface area (Å²) in [6.07, 6.45) is 5.05. The molecule has 1 aliphatic rings. The molecule has 1 unspecified atom stereocenters. The molecule has 1 heterocycles. The Hall–Kier alpha value is -0.890. The van der Waals surface area contributed by atoms with Gasteiger partial charge in [0.1, 0.15) is 0 Å². The molecule has 2 nitrogen and oxygen atoms in total. The van der Waals surface area contributed by atoms with Crippen LogP contribution in [0.25, 0.3) is 0 Å². The van der Waals surface area contributed by atoms with Crippen molar-refractivity contribution in [2.45, 2.75) is 38.7 Å². The number of hydrogen-bond donors (Lipinski definition) is 0. The second-order valence-electron chi connectivity index (χ2n) is 3.93. The van der Waals surface area contributed by atoms with Crippen molar-refractivity contribution in [2.75, 3.05) is 7.11 Å². The first-order chi connectivity index (χ1) is 6.81. The zero-order valence-corrected chi connectivity index (χ0v) is 8.92. The van der Waals surface area contributed by atoms with E-state index in [1.165, 1.54) is 30.5 Å². The van der Waals surface area contributed by atoms with Crippen LogP contribution in [0.4, 0.5) is 0 Å². The maximum absolute atomic E-state index is 5.26. The first kappa shape index (κ1) is 9.66. The van der Waals surface area contributed by atoms with Crippen molar-refractivity contribution in [3.63, 3.8) is 0 Å². The van der Waals surface area contributed by atoms with Crippen LogP contribution in [0.2, 0.25) is 0 Å². The quantitative estimate of drug-likeness (QED) is 0.717. The summed E-state index contributed by atoms with van der Waals surface area (Å²) < 4.78 is 5.26. The largest absolute Gasteiger partial charge is 0.375 e. The van der Waals surface area contributed by atoms with Crippen molar-refractivity contribution in [1.82, 2.24) is 4.98 Å². The van der Waals surface area contributed by atoms with Crippen LogP contribution in [-0.2, 0) is 17.6 Å². The highest BCUT2D eigenvalue weighted by Crippen LogP contribution is 2.22. The second-order valence-corrected chi connectivity index (χ2v) is 3.93. The molecule has 0 saturated carbocycles. The van der Waals surface area contributed by atoms with E-state index in [9.17, 15) is 0 Å². The Bertz CT molecular complexity index is 322. The Kier molecular flexibility index (Phi) is 2.82. The number of aromatic nitrogens is 1. The summed E-state index contributed by atoms with van der Waals surface area (Å²) in [5.74, 6) is 0. The van der Waals surface area contributed by atoms with E-state index in [2.05, 4.69) is 17.1 Å². The minimum atomic E-state index is 0.113. The van der Waals surface area contributed by atoms with Crippen molar-refractivity contribution >= 4 is 0 Å². The Morgan fingerprint density at radius 2 is 2.07 bits per heavy atom. The molecule has 0 aliphatic heterocycles. The Balaban J connectivity index is 2.29. The maximum Gasteiger partial charge on any atom is 0.0962 e. The van der Waals surface area contributed by atoms with Gasteiger partial charge in [0.05, 0.1) is 11.8 Å². The number of rotatable bonds is 2. The van der Waals surface area contributed by atoms with Crippen molar-refractivity contribution in [2.24, 2.45) is 0 Å². The molecule has 0 amide bonds. The van der Waals surface area contributed by atoms with E-state index in [-0.39, 0.29) is 6.10 Å². The number of hydrogen-bond acceptors (Lipinski definition) is 2. The normalized spacial score (nSPS) is 17.6. The highest BCUT2D eigenvalue weighted by atomic mass is 16.5. The molecule has 1 aromatic heterocycles. The minimum absolute atomic E-state index is 0.113.